The highest BCUT2D eigenvalue weighted by atomic mass is 15.3. The van der Waals surface area contributed by atoms with Gasteiger partial charge in [0.15, 0.2) is 0 Å². The van der Waals surface area contributed by atoms with Crippen molar-refractivity contribution < 1.29 is 0 Å². The number of nitrogens with zero attached hydrogens (tertiary/aromatic N) is 2. The lowest BCUT2D eigenvalue weighted by Crippen LogP contribution is -2.14. The Balaban J connectivity index is 2.51. The molecule has 0 saturated carbocycles. The molecule has 60 valence electrons. The van der Waals surface area contributed by atoms with E-state index in [1.807, 2.05) is 17.7 Å². The molecule has 0 fully saturated rings. The summed E-state index contributed by atoms with van der Waals surface area (Å²) < 4.78 is 1.83. The van der Waals surface area contributed by atoms with Gasteiger partial charge in [-0.2, -0.15) is 5.10 Å². The SMILES string of the molecule is Cc1ccnn1CCC(=N)N. The minimum atomic E-state index is 0.208. The second-order valence-corrected chi connectivity index (χ2v) is 2.47. The van der Waals surface area contributed by atoms with Crippen LogP contribution in [-0.2, 0) is 6.54 Å². The van der Waals surface area contributed by atoms with Crippen LogP contribution in [-0.4, -0.2) is 15.6 Å². The fourth-order valence-corrected chi connectivity index (χ4v) is 0.859. The third kappa shape index (κ3) is 2.07. The number of aromatic nitrogens is 2. The largest absolute Gasteiger partial charge is 0.388 e. The summed E-state index contributed by atoms with van der Waals surface area (Å²) in [7, 11) is 0. The molecule has 0 radical (unpaired) electrons. The predicted molar refractivity (Wildman–Crippen MR) is 43.5 cm³/mol. The van der Waals surface area contributed by atoms with Gasteiger partial charge in [-0.1, -0.05) is 0 Å². The molecule has 0 amide bonds. The molecule has 0 aromatic carbocycles. The Hall–Kier alpha value is -1.32. The lowest BCUT2D eigenvalue weighted by molar-refractivity contribution is 0.614. The van der Waals surface area contributed by atoms with E-state index in [1.165, 1.54) is 0 Å². The molecule has 0 aliphatic heterocycles. The highest BCUT2D eigenvalue weighted by Crippen LogP contribution is 1.96. The van der Waals surface area contributed by atoms with Crippen LogP contribution in [0, 0.1) is 12.3 Å². The van der Waals surface area contributed by atoms with Gasteiger partial charge in [0.05, 0.1) is 5.84 Å². The van der Waals surface area contributed by atoms with Crippen molar-refractivity contribution in [2.24, 2.45) is 5.73 Å². The molecular weight excluding hydrogens is 140 g/mol. The van der Waals surface area contributed by atoms with Gasteiger partial charge in [-0.3, -0.25) is 10.1 Å². The van der Waals surface area contributed by atoms with E-state index in [9.17, 15) is 0 Å². The number of amidine groups is 1. The zero-order valence-electron chi connectivity index (χ0n) is 6.54. The first-order valence-electron chi connectivity index (χ1n) is 3.51. The highest BCUT2D eigenvalue weighted by molar-refractivity contribution is 5.76. The predicted octanol–water partition coefficient (Wildman–Crippen LogP) is 0.518. The Kier molecular flexibility index (Phi) is 2.25. The maximum Gasteiger partial charge on any atom is 0.0923 e. The summed E-state index contributed by atoms with van der Waals surface area (Å²) in [4.78, 5) is 0. The first-order valence-corrected chi connectivity index (χ1v) is 3.51. The minimum Gasteiger partial charge on any atom is -0.388 e. The number of aryl methyl sites for hydroxylation is 2. The molecule has 1 aromatic rings. The molecule has 0 saturated heterocycles. The van der Waals surface area contributed by atoms with Gasteiger partial charge >= 0.3 is 0 Å². The summed E-state index contributed by atoms with van der Waals surface area (Å²) in [5, 5.41) is 11.1. The highest BCUT2D eigenvalue weighted by Gasteiger charge is 1.96. The molecule has 0 atom stereocenters. The zero-order valence-corrected chi connectivity index (χ0v) is 6.54. The van der Waals surface area contributed by atoms with Gasteiger partial charge in [-0.25, -0.2) is 0 Å². The Bertz CT molecular complexity index is 251. The standard InChI is InChI=1S/C7H12N4/c1-6-2-4-10-11(6)5-3-7(8)9/h2,4H,3,5H2,1H3,(H3,8,9). The van der Waals surface area contributed by atoms with Crippen LogP contribution in [0.4, 0.5) is 0 Å². The van der Waals surface area contributed by atoms with Gasteiger partial charge in [0.1, 0.15) is 0 Å². The summed E-state index contributed by atoms with van der Waals surface area (Å²) >= 11 is 0. The van der Waals surface area contributed by atoms with Crippen LogP contribution in [0.2, 0.25) is 0 Å². The van der Waals surface area contributed by atoms with Crippen molar-refractivity contribution in [1.29, 1.82) is 5.41 Å². The second kappa shape index (κ2) is 3.18. The molecular formula is C7H12N4. The van der Waals surface area contributed by atoms with Crippen LogP contribution in [0.1, 0.15) is 12.1 Å². The van der Waals surface area contributed by atoms with Crippen LogP contribution in [0.25, 0.3) is 0 Å². The summed E-state index contributed by atoms with van der Waals surface area (Å²) in [6, 6.07) is 1.93. The second-order valence-electron chi connectivity index (χ2n) is 2.47. The molecule has 1 rings (SSSR count). The van der Waals surface area contributed by atoms with Gasteiger partial charge in [0, 0.05) is 24.9 Å². The smallest absolute Gasteiger partial charge is 0.0923 e. The fourth-order valence-electron chi connectivity index (χ4n) is 0.859. The Morgan fingerprint density at radius 1 is 1.82 bits per heavy atom. The van der Waals surface area contributed by atoms with E-state index in [2.05, 4.69) is 5.10 Å². The van der Waals surface area contributed by atoms with E-state index in [-0.39, 0.29) is 5.84 Å². The van der Waals surface area contributed by atoms with Crippen LogP contribution in [0.3, 0.4) is 0 Å². The van der Waals surface area contributed by atoms with Crippen molar-refractivity contribution >= 4 is 5.84 Å². The van der Waals surface area contributed by atoms with Gasteiger partial charge in [0.2, 0.25) is 0 Å². The maximum absolute atomic E-state index is 7.00. The number of nitrogens with two attached hydrogens (primary N) is 1. The van der Waals surface area contributed by atoms with Gasteiger partial charge in [-0.05, 0) is 13.0 Å². The van der Waals surface area contributed by atoms with Crippen molar-refractivity contribution in [3.05, 3.63) is 18.0 Å². The zero-order chi connectivity index (χ0) is 8.27. The van der Waals surface area contributed by atoms with Crippen molar-refractivity contribution in [2.75, 3.05) is 0 Å². The van der Waals surface area contributed by atoms with Gasteiger partial charge in [-0.15, -0.1) is 0 Å². The Morgan fingerprint density at radius 2 is 2.55 bits per heavy atom. The van der Waals surface area contributed by atoms with E-state index < -0.39 is 0 Å². The summed E-state index contributed by atoms with van der Waals surface area (Å²) in [5.74, 6) is 0.208. The molecule has 0 aliphatic carbocycles. The third-order valence-electron chi connectivity index (χ3n) is 1.52. The molecule has 1 heterocycles. The minimum absolute atomic E-state index is 0.208. The summed E-state index contributed by atoms with van der Waals surface area (Å²) in [6.07, 6.45) is 2.32. The molecule has 4 nitrogen and oxygen atoms in total. The number of hydrogen-bond donors (Lipinski definition) is 2. The van der Waals surface area contributed by atoms with Crippen LogP contribution in [0.5, 0.6) is 0 Å². The van der Waals surface area contributed by atoms with E-state index in [0.717, 1.165) is 5.69 Å². The average molecular weight is 152 g/mol. The molecule has 0 spiro atoms. The monoisotopic (exact) mass is 152 g/mol. The maximum atomic E-state index is 7.00. The average Bonchev–Trinajstić information content (AvgIpc) is 2.31. The topological polar surface area (TPSA) is 67.7 Å². The third-order valence-corrected chi connectivity index (χ3v) is 1.52. The first kappa shape index (κ1) is 7.78. The lowest BCUT2D eigenvalue weighted by atomic mass is 10.4. The first-order chi connectivity index (χ1) is 5.20. The summed E-state index contributed by atoms with van der Waals surface area (Å²) in [6.45, 7) is 2.68. The molecule has 0 bridgehead atoms. The van der Waals surface area contributed by atoms with E-state index in [4.69, 9.17) is 11.1 Å². The fraction of sp³-hybridized carbons (Fsp3) is 0.429. The molecule has 0 unspecified atom stereocenters. The van der Waals surface area contributed by atoms with Gasteiger partial charge in [0.25, 0.3) is 0 Å². The van der Waals surface area contributed by atoms with E-state index in [0.29, 0.717) is 13.0 Å². The summed E-state index contributed by atoms with van der Waals surface area (Å²) in [5.41, 5.74) is 6.30. The number of nitrogens with one attached hydrogen (secondary N) is 1. The van der Waals surface area contributed by atoms with E-state index in [1.54, 1.807) is 6.20 Å². The molecule has 3 N–H and O–H groups in total. The molecule has 4 heteroatoms. The van der Waals surface area contributed by atoms with Crippen molar-refractivity contribution in [1.82, 2.24) is 9.78 Å². The van der Waals surface area contributed by atoms with Crippen LogP contribution >= 0.6 is 0 Å². The van der Waals surface area contributed by atoms with Crippen molar-refractivity contribution in [2.45, 2.75) is 19.9 Å². The molecule has 11 heavy (non-hydrogen) atoms. The van der Waals surface area contributed by atoms with Crippen LogP contribution in [0.15, 0.2) is 12.3 Å². The van der Waals surface area contributed by atoms with Crippen molar-refractivity contribution in [3.63, 3.8) is 0 Å². The van der Waals surface area contributed by atoms with Crippen molar-refractivity contribution in [3.8, 4) is 0 Å². The van der Waals surface area contributed by atoms with Crippen LogP contribution < -0.4 is 5.73 Å². The molecule has 0 aliphatic rings. The van der Waals surface area contributed by atoms with E-state index >= 15 is 0 Å². The lowest BCUT2D eigenvalue weighted by Gasteiger charge is -2.01. The quantitative estimate of drug-likeness (QED) is 0.489. The normalized spacial score (nSPS) is 9.91. The Morgan fingerprint density at radius 3 is 3.00 bits per heavy atom. The van der Waals surface area contributed by atoms with Gasteiger partial charge < -0.3 is 5.73 Å². The number of rotatable bonds is 3. The number of hydrogen-bond acceptors (Lipinski definition) is 2. The molecule has 1 aromatic heterocycles. The Labute approximate surface area is 65.5 Å².